The second kappa shape index (κ2) is 5.40. The Balaban J connectivity index is 2.37. The molecular weight excluding hydrogens is 417 g/mol. The Kier molecular flexibility index (Phi) is 4.06. The van der Waals surface area contributed by atoms with E-state index in [9.17, 15) is 8.78 Å². The molecular formula is C12H8BrF2IN2. The van der Waals surface area contributed by atoms with Crippen molar-refractivity contribution in [3.05, 3.63) is 50.0 Å². The second-order valence-corrected chi connectivity index (χ2v) is 5.62. The highest BCUT2D eigenvalue weighted by Crippen LogP contribution is 2.30. The minimum absolute atomic E-state index is 0.305. The summed E-state index contributed by atoms with van der Waals surface area (Å²) in [6, 6.07) is 7.06. The van der Waals surface area contributed by atoms with Crippen molar-refractivity contribution in [1.29, 1.82) is 0 Å². The summed E-state index contributed by atoms with van der Waals surface area (Å²) in [5, 5.41) is 2.98. The highest BCUT2D eigenvalue weighted by Gasteiger charge is 2.08. The molecule has 0 aromatic heterocycles. The molecule has 0 amide bonds. The van der Waals surface area contributed by atoms with Crippen molar-refractivity contribution in [2.24, 2.45) is 0 Å². The van der Waals surface area contributed by atoms with Gasteiger partial charge in [0.05, 0.1) is 21.5 Å². The van der Waals surface area contributed by atoms with Gasteiger partial charge in [-0.2, -0.15) is 0 Å². The molecule has 2 nitrogen and oxygen atoms in total. The van der Waals surface area contributed by atoms with Crippen LogP contribution in [0.25, 0.3) is 0 Å². The molecule has 0 unspecified atom stereocenters. The van der Waals surface area contributed by atoms with E-state index in [0.29, 0.717) is 25.1 Å². The van der Waals surface area contributed by atoms with Crippen LogP contribution in [0.5, 0.6) is 0 Å². The van der Waals surface area contributed by atoms with Crippen molar-refractivity contribution < 1.29 is 8.78 Å². The molecule has 0 bridgehead atoms. The van der Waals surface area contributed by atoms with Crippen LogP contribution in [0.4, 0.5) is 25.8 Å². The monoisotopic (exact) mass is 424 g/mol. The number of hydrogen-bond acceptors (Lipinski definition) is 2. The Morgan fingerprint density at radius 3 is 2.50 bits per heavy atom. The van der Waals surface area contributed by atoms with Gasteiger partial charge in [0, 0.05) is 9.64 Å². The van der Waals surface area contributed by atoms with Gasteiger partial charge in [-0.05, 0) is 62.8 Å². The maximum absolute atomic E-state index is 13.4. The normalized spacial score (nSPS) is 10.4. The third kappa shape index (κ3) is 2.92. The Morgan fingerprint density at radius 2 is 1.83 bits per heavy atom. The van der Waals surface area contributed by atoms with E-state index in [-0.39, 0.29) is 5.82 Å². The van der Waals surface area contributed by atoms with E-state index < -0.39 is 5.82 Å². The molecule has 0 aliphatic carbocycles. The standard InChI is InChI=1S/C12H8BrF2IN2/c13-7-4-10(17)12(5-8(7)15)18-11-2-1-6(14)3-9(11)16/h1-5,18H,17H2. The summed E-state index contributed by atoms with van der Waals surface area (Å²) in [6.45, 7) is 0. The average Bonchev–Trinajstić information content (AvgIpc) is 2.29. The quantitative estimate of drug-likeness (QED) is 0.543. The third-order valence-corrected chi connectivity index (χ3v) is 3.79. The Labute approximate surface area is 125 Å². The first-order chi connectivity index (χ1) is 8.47. The van der Waals surface area contributed by atoms with Gasteiger partial charge in [-0.1, -0.05) is 0 Å². The van der Waals surface area contributed by atoms with Crippen molar-refractivity contribution >= 4 is 55.6 Å². The number of nitrogen functional groups attached to an aromatic ring is 1. The zero-order chi connectivity index (χ0) is 13.3. The molecule has 94 valence electrons. The van der Waals surface area contributed by atoms with Gasteiger partial charge in [-0.3, -0.25) is 0 Å². The van der Waals surface area contributed by atoms with Gasteiger partial charge in [0.2, 0.25) is 0 Å². The van der Waals surface area contributed by atoms with E-state index in [0.717, 1.165) is 0 Å². The van der Waals surface area contributed by atoms with Crippen LogP contribution in [0.1, 0.15) is 0 Å². The highest BCUT2D eigenvalue weighted by molar-refractivity contribution is 14.1. The molecule has 0 aliphatic heterocycles. The van der Waals surface area contributed by atoms with Gasteiger partial charge in [0.15, 0.2) is 0 Å². The molecule has 0 atom stereocenters. The lowest BCUT2D eigenvalue weighted by Crippen LogP contribution is -1.99. The lowest BCUT2D eigenvalue weighted by Gasteiger charge is -2.12. The van der Waals surface area contributed by atoms with E-state index in [1.807, 2.05) is 22.6 Å². The minimum atomic E-state index is -0.413. The number of halogens is 4. The molecule has 18 heavy (non-hydrogen) atoms. The number of benzene rings is 2. The molecule has 2 aromatic rings. The van der Waals surface area contributed by atoms with Gasteiger partial charge in [0.25, 0.3) is 0 Å². The van der Waals surface area contributed by atoms with Crippen molar-refractivity contribution in [3.63, 3.8) is 0 Å². The fourth-order valence-electron chi connectivity index (χ4n) is 1.41. The van der Waals surface area contributed by atoms with Gasteiger partial charge in [-0.25, -0.2) is 8.78 Å². The van der Waals surface area contributed by atoms with E-state index in [1.54, 1.807) is 6.07 Å². The summed E-state index contributed by atoms with van der Waals surface area (Å²) in [5.74, 6) is -0.733. The predicted molar refractivity (Wildman–Crippen MR) is 80.9 cm³/mol. The number of anilines is 3. The molecule has 0 spiro atoms. The number of nitrogens with two attached hydrogens (primary N) is 1. The fraction of sp³-hybridized carbons (Fsp3) is 0. The highest BCUT2D eigenvalue weighted by atomic mass is 127. The molecule has 0 saturated heterocycles. The van der Waals surface area contributed by atoms with Crippen LogP contribution < -0.4 is 11.1 Å². The maximum Gasteiger partial charge on any atom is 0.139 e. The van der Waals surface area contributed by atoms with E-state index >= 15 is 0 Å². The summed E-state index contributed by atoms with van der Waals surface area (Å²) in [6.07, 6.45) is 0. The first kappa shape index (κ1) is 13.5. The van der Waals surface area contributed by atoms with Gasteiger partial charge < -0.3 is 11.1 Å². The van der Waals surface area contributed by atoms with Crippen molar-refractivity contribution in [2.45, 2.75) is 0 Å². The summed E-state index contributed by atoms with van der Waals surface area (Å²) in [4.78, 5) is 0. The Bertz CT molecular complexity index is 605. The Morgan fingerprint density at radius 1 is 1.11 bits per heavy atom. The van der Waals surface area contributed by atoms with Crippen LogP contribution >= 0.6 is 38.5 Å². The zero-order valence-corrected chi connectivity index (χ0v) is 12.7. The summed E-state index contributed by atoms with van der Waals surface area (Å²) >= 11 is 5.05. The largest absolute Gasteiger partial charge is 0.397 e. The van der Waals surface area contributed by atoms with Gasteiger partial charge in [0.1, 0.15) is 11.6 Å². The molecule has 0 radical (unpaired) electrons. The first-order valence-electron chi connectivity index (χ1n) is 4.94. The topological polar surface area (TPSA) is 38.0 Å². The molecule has 0 heterocycles. The molecule has 0 aliphatic rings. The van der Waals surface area contributed by atoms with E-state index in [2.05, 4.69) is 21.2 Å². The molecule has 0 saturated carbocycles. The van der Waals surface area contributed by atoms with Crippen molar-refractivity contribution in [3.8, 4) is 0 Å². The molecule has 3 N–H and O–H groups in total. The van der Waals surface area contributed by atoms with Gasteiger partial charge in [-0.15, -0.1) is 0 Å². The number of hydrogen-bond donors (Lipinski definition) is 2. The molecule has 2 rings (SSSR count). The predicted octanol–water partition coefficient (Wildman–Crippen LogP) is 4.66. The molecule has 0 fully saturated rings. The number of rotatable bonds is 2. The lowest BCUT2D eigenvalue weighted by molar-refractivity contribution is 0.622. The van der Waals surface area contributed by atoms with Gasteiger partial charge >= 0.3 is 0 Å². The molecule has 2 aromatic carbocycles. The Hall–Kier alpha value is -0.890. The fourth-order valence-corrected chi connectivity index (χ4v) is 2.38. The minimum Gasteiger partial charge on any atom is -0.397 e. The smallest absolute Gasteiger partial charge is 0.139 e. The molecule has 6 heteroatoms. The summed E-state index contributed by atoms with van der Waals surface area (Å²) < 4.78 is 27.4. The first-order valence-corrected chi connectivity index (χ1v) is 6.81. The third-order valence-electron chi connectivity index (χ3n) is 2.29. The van der Waals surface area contributed by atoms with Crippen molar-refractivity contribution in [2.75, 3.05) is 11.1 Å². The average molecular weight is 425 g/mol. The maximum atomic E-state index is 13.4. The lowest BCUT2D eigenvalue weighted by atomic mass is 10.2. The summed E-state index contributed by atoms with van der Waals surface area (Å²) in [7, 11) is 0. The summed E-state index contributed by atoms with van der Waals surface area (Å²) in [5.41, 5.74) is 7.30. The van der Waals surface area contributed by atoms with Crippen LogP contribution in [0.3, 0.4) is 0 Å². The zero-order valence-electron chi connectivity index (χ0n) is 8.98. The van der Waals surface area contributed by atoms with Crippen LogP contribution in [0.15, 0.2) is 34.8 Å². The van der Waals surface area contributed by atoms with Crippen LogP contribution in [0.2, 0.25) is 0 Å². The van der Waals surface area contributed by atoms with Crippen LogP contribution in [0, 0.1) is 15.2 Å². The van der Waals surface area contributed by atoms with Crippen LogP contribution in [-0.4, -0.2) is 0 Å². The van der Waals surface area contributed by atoms with E-state index in [4.69, 9.17) is 5.73 Å². The van der Waals surface area contributed by atoms with Crippen molar-refractivity contribution in [1.82, 2.24) is 0 Å². The van der Waals surface area contributed by atoms with E-state index in [1.165, 1.54) is 24.3 Å². The SMILES string of the molecule is Nc1cc(Br)c(F)cc1Nc1ccc(F)cc1I. The van der Waals surface area contributed by atoms with Crippen LogP contribution in [-0.2, 0) is 0 Å². The second-order valence-electron chi connectivity index (χ2n) is 3.60. The number of nitrogens with one attached hydrogen (secondary N) is 1.